The van der Waals surface area contributed by atoms with Crippen LogP contribution in [0.1, 0.15) is 312 Å². The highest BCUT2D eigenvalue weighted by molar-refractivity contribution is 14.1. The third-order valence-corrected chi connectivity index (χ3v) is 38.9. The summed E-state index contributed by atoms with van der Waals surface area (Å²) in [6.45, 7) is 78.3. The van der Waals surface area contributed by atoms with Gasteiger partial charge in [-0.2, -0.15) is 0 Å². The Bertz CT molecular complexity index is 5580. The maximum absolute atomic E-state index is 12.2. The molecule has 0 aliphatic carbocycles. The Morgan fingerprint density at radius 3 is 0.517 bits per heavy atom. The number of benzene rings is 8. The molecule has 8 aromatic rings. The first-order valence-corrected chi connectivity index (χ1v) is 62.0. The normalized spacial score (nSPS) is 16.7. The Balaban J connectivity index is -0.000000795. The third-order valence-electron chi connectivity index (χ3n) is 22.6. The van der Waals surface area contributed by atoms with Crippen molar-refractivity contribution in [1.29, 1.82) is 0 Å². The Morgan fingerprint density at radius 1 is 0.252 bits per heavy atom. The molecule has 143 heavy (non-hydrogen) atoms. The van der Waals surface area contributed by atoms with Gasteiger partial charge in [0, 0.05) is 38.5 Å². The molecule has 36 heteroatoms. The largest absolute Gasteiger partial charge is 0.494 e. The molecular weight excluding hydrogens is 2320 g/mol. The van der Waals surface area contributed by atoms with Crippen LogP contribution in [0.2, 0.25) is 0 Å². The molecule has 20 nitrogen and oxygen atoms in total. The van der Waals surface area contributed by atoms with Gasteiger partial charge in [0.25, 0.3) is 0 Å². The van der Waals surface area contributed by atoms with Crippen LogP contribution in [0.5, 0.6) is 0 Å². The van der Waals surface area contributed by atoms with Crippen molar-refractivity contribution in [1.82, 2.24) is 0 Å². The first-order valence-electron chi connectivity index (χ1n) is 51.3. The smallest absolute Gasteiger partial charge is 0.399 e. The lowest BCUT2D eigenvalue weighted by molar-refractivity contribution is 0.00578. The third kappa shape index (κ3) is 43.1. The van der Waals surface area contributed by atoms with Gasteiger partial charge in [0.05, 0.1) is 106 Å². The summed E-state index contributed by atoms with van der Waals surface area (Å²) in [4.78, 5) is 2.82. The maximum atomic E-state index is 12.2. The molecule has 4 saturated heterocycles. The van der Waals surface area contributed by atoms with Gasteiger partial charge < -0.3 is 37.2 Å². The molecule has 4 fully saturated rings. The van der Waals surface area contributed by atoms with E-state index in [-0.39, 0.29) is 19.9 Å². The van der Waals surface area contributed by atoms with Crippen LogP contribution in [0.4, 0.5) is 0 Å². The summed E-state index contributed by atoms with van der Waals surface area (Å²) < 4.78 is 232. The molecule has 12 rings (SSSR count). The fourth-order valence-corrected chi connectivity index (χ4v) is 19.5. The zero-order valence-corrected chi connectivity index (χ0v) is 108. The highest BCUT2D eigenvalue weighted by Gasteiger charge is 2.55. The highest BCUT2D eigenvalue weighted by atomic mass is 127. The number of rotatable bonds is 18. The Morgan fingerprint density at radius 2 is 0.385 bits per heavy atom. The van der Waals surface area contributed by atoms with Crippen molar-refractivity contribution in [3.63, 3.8) is 0 Å². The van der Waals surface area contributed by atoms with E-state index in [1.165, 1.54) is 101 Å². The predicted octanol–water partition coefficient (Wildman–Crippen LogP) is 28.4. The van der Waals surface area contributed by atoms with Crippen LogP contribution in [-0.2, 0) is 96.3 Å². The van der Waals surface area contributed by atoms with Crippen molar-refractivity contribution in [2.75, 3.05) is 0 Å². The van der Waals surface area contributed by atoms with Crippen molar-refractivity contribution in [2.24, 2.45) is 0 Å². The Kier molecular flexibility index (Phi) is 60.4. The molecule has 4 aliphatic heterocycles. The minimum atomic E-state index is -3.68. The van der Waals surface area contributed by atoms with Gasteiger partial charge in [-0.1, -0.05) is 224 Å². The lowest BCUT2D eigenvalue weighted by Crippen LogP contribution is -2.41. The van der Waals surface area contributed by atoms with Gasteiger partial charge >= 0.3 is 28.5 Å². The summed E-state index contributed by atoms with van der Waals surface area (Å²) >= 11 is 17.4. The fourth-order valence-electron chi connectivity index (χ4n) is 11.1. The van der Waals surface area contributed by atoms with Crippen molar-refractivity contribution in [3.8, 4) is 0 Å². The van der Waals surface area contributed by atoms with Crippen LogP contribution in [0, 0.1) is 3.57 Å². The predicted molar refractivity (Wildman–Crippen MR) is 634 cm³/mol. The van der Waals surface area contributed by atoms with Crippen molar-refractivity contribution in [3.05, 3.63) is 216 Å². The van der Waals surface area contributed by atoms with Gasteiger partial charge in [-0.25, -0.2) is 50.5 Å². The molecule has 0 aromatic heterocycles. The average molecular weight is 2500 g/mol. The van der Waals surface area contributed by atoms with Crippen LogP contribution in [-0.4, -0.2) is 160 Å². The van der Waals surface area contributed by atoms with Crippen LogP contribution in [0.15, 0.2) is 246 Å². The summed E-state index contributed by atoms with van der Waals surface area (Å²) in [6.07, 6.45) is 0. The molecule has 8 aromatic carbocycles. The first kappa shape index (κ1) is 135. The fraction of sp³-hybridized carbons (Fsp3) is 0.551. The van der Waals surface area contributed by atoms with Gasteiger partial charge in [-0.05, 0) is 384 Å². The minimum absolute atomic E-state index is 0.132. The summed E-state index contributed by atoms with van der Waals surface area (Å²) in [5, 5.41) is -5.20. The van der Waals surface area contributed by atoms with E-state index < -0.39 is 158 Å². The van der Waals surface area contributed by atoms with Crippen LogP contribution in [0.3, 0.4) is 0 Å². The van der Waals surface area contributed by atoms with Crippen LogP contribution >= 0.6 is 98.1 Å². The molecule has 0 bridgehead atoms. The van der Waals surface area contributed by atoms with Gasteiger partial charge in [0.2, 0.25) is 0 Å². The van der Waals surface area contributed by atoms with Gasteiger partial charge in [0.15, 0.2) is 59.0 Å². The molecule has 0 saturated carbocycles. The number of halogens is 5. The summed E-state index contributed by atoms with van der Waals surface area (Å²) in [6, 6.07) is 55.9. The zero-order chi connectivity index (χ0) is 117. The topological polar surface area (TPSA) is 279 Å². The van der Waals surface area contributed by atoms with E-state index in [1.54, 1.807) is 151 Å². The number of hydrogen-bond acceptors (Lipinski definition) is 21. The minimum Gasteiger partial charge on any atom is -0.399 e. The lowest BCUT2D eigenvalue weighted by atomic mass is 9.79. The van der Waals surface area contributed by atoms with Crippen LogP contribution < -0.4 is 21.9 Å². The number of thioether (sulfide) groups is 1. The quantitative estimate of drug-likeness (QED) is 0.0438. The maximum Gasteiger partial charge on any atom is 0.494 e. The first-order chi connectivity index (χ1) is 67.7. The molecule has 4 heterocycles. The van der Waals surface area contributed by atoms with Crippen molar-refractivity contribution >= 4 is 207 Å². The second-order valence-corrected chi connectivity index (χ2v) is 57.6. The number of sulfone groups is 6. The standard InChI is InChI=1S/4C15H23BO4S.2C9H11BrO2S.C9H11BrS.C6H4BrI.6C2H6.2CH4/c4*1-11(2)21(17,18)13-9-7-12(8-10-13)16-19-14(3,4)15(5,6)20-16;2*1-7(2)13(11,12)9-5-3-8(10)4-6-9;1-7(2)11-9-5-3-8(10)4-6-9;7-5-1-3-6(8)4-2-5;6*1-2;;/h4*7-11H,1-6H3;2*3-7H,1-2H3;3-7H,1-2H3;1-4H;6*1-2H3;2*1H4/i2*11D;;;7D;;;;;;;;;;2*1D. The second-order valence-electron chi connectivity index (χ2n) is 36.6. The molecule has 810 valence electrons. The average Bonchev–Trinajstić information content (AvgIpc) is 1.62. The molecule has 0 amide bonds. The highest BCUT2D eigenvalue weighted by Crippen LogP contribution is 2.41. The van der Waals surface area contributed by atoms with E-state index >= 15 is 0 Å². The van der Waals surface area contributed by atoms with Crippen molar-refractivity contribution < 1.29 is 94.6 Å². The summed E-state index contributed by atoms with van der Waals surface area (Å²) in [7, 11) is -20.0. The van der Waals surface area contributed by atoms with Gasteiger partial charge in [-0.3, -0.25) is 0 Å². The molecule has 4 aliphatic rings. The van der Waals surface area contributed by atoms with E-state index in [0.29, 0.717) is 19.9 Å². The van der Waals surface area contributed by atoms with Crippen LogP contribution in [0.25, 0.3) is 0 Å². The van der Waals surface area contributed by atoms with Crippen molar-refractivity contribution in [2.45, 2.75) is 421 Å². The molecular formula is C107H173B4Br4IO20S7. The van der Waals surface area contributed by atoms with E-state index in [0.717, 1.165) is 39.7 Å². The van der Waals surface area contributed by atoms with E-state index in [2.05, 4.69) is 137 Å². The second kappa shape index (κ2) is 63.8. The zero-order valence-electron chi connectivity index (χ0n) is 98.5. The summed E-state index contributed by atoms with van der Waals surface area (Å²) in [5.41, 5.74) is -0.177. The van der Waals surface area contributed by atoms with E-state index in [9.17, 15) is 50.5 Å². The van der Waals surface area contributed by atoms with Gasteiger partial charge in [0.1, 0.15) is 0 Å². The Labute approximate surface area is 930 Å². The SMILES string of the molecule is Brc1ccc(I)cc1.CC.CC.CC.CC.CC.CC.CC(C)S(=O)(=O)c1ccc(B2OC(C)(C)C(C)(C)O2)cc1.CC(C)S(=O)(=O)c1ccc(B2OC(C)(C)C(C)(C)O2)cc1.CC(C)S(=O)(=O)c1ccc(Br)cc1.CC(C)Sc1ccc(Br)cc1.[2H]C.[2H]C.[2H]C(C)(C)S(=O)(=O)c1ccc(B2OC(C)(C)C(C)(C)O2)cc1.[2H]C(C)(C)S(=O)(=O)c1ccc(B2OC(C)(C)C(C)(C)O2)cc1.[2H]C(C)(C)S(=O)(=O)c1ccc(Br)cc1. The summed E-state index contributed by atoms with van der Waals surface area (Å²) in [5.74, 6) is 0. The molecule has 0 N–H and O–H groups in total. The molecule has 0 atom stereocenters. The number of hydrogen-bond donors (Lipinski definition) is 0. The molecule has 0 spiro atoms. The molecule has 0 radical (unpaired) electrons. The van der Waals surface area contributed by atoms with E-state index in [4.69, 9.17) is 44.1 Å². The monoisotopic (exact) mass is 2490 g/mol. The molecule has 0 unspecified atom stereocenters. The lowest BCUT2D eigenvalue weighted by Gasteiger charge is -2.32. The Hall–Kier alpha value is -3.60. The van der Waals surface area contributed by atoms with Gasteiger partial charge in [-0.15, -0.1) is 11.8 Å². The van der Waals surface area contributed by atoms with E-state index in [1.807, 2.05) is 218 Å².